The Morgan fingerprint density at radius 3 is 2.67 bits per heavy atom. The molecule has 0 radical (unpaired) electrons. The zero-order chi connectivity index (χ0) is 19.7. The lowest BCUT2D eigenvalue weighted by atomic mass is 10.3. The first-order valence-electron chi connectivity index (χ1n) is 8.70. The quantitative estimate of drug-likeness (QED) is 0.314. The Labute approximate surface area is 160 Å². The van der Waals surface area contributed by atoms with Gasteiger partial charge in [-0.25, -0.2) is 23.7 Å². The molecule has 0 spiro atoms. The number of rotatable bonds is 7. The number of nitrogens with zero attached hydrogens (tertiary/aromatic N) is 5. The maximum Gasteiger partial charge on any atom is 0.278 e. The number of amides is 1. The van der Waals surface area contributed by atoms with Crippen LogP contribution in [-0.4, -0.2) is 42.9 Å². The van der Waals surface area contributed by atoms with Crippen molar-refractivity contribution in [3.63, 3.8) is 0 Å². The maximum atomic E-state index is 13.9. The summed E-state index contributed by atoms with van der Waals surface area (Å²) in [6, 6.07) is -0.0880. The van der Waals surface area contributed by atoms with Gasteiger partial charge in [0.15, 0.2) is 10.8 Å². The van der Waals surface area contributed by atoms with Gasteiger partial charge >= 0.3 is 0 Å². The molecule has 1 amide bonds. The second-order valence-corrected chi connectivity index (χ2v) is 7.49. The summed E-state index contributed by atoms with van der Waals surface area (Å²) in [5, 5.41) is 0.887. The van der Waals surface area contributed by atoms with E-state index in [0.717, 1.165) is 12.8 Å². The standard InChI is InChI=1S/C18H22FN5O2S/c1-11(2)22(10-25)9-14(7-12(3)19)23-16-15(8-20-18(21-16)27-4)17(26)24(23)13-5-6-13/h7-11,13H,5-6H2,1-4H3/b12-7+,14-9+. The maximum absolute atomic E-state index is 13.9. The lowest BCUT2D eigenvalue weighted by Gasteiger charge is -2.20. The molecule has 0 N–H and O–H groups in total. The normalized spacial score (nSPS) is 15.6. The van der Waals surface area contributed by atoms with E-state index in [9.17, 15) is 14.0 Å². The molecule has 0 bridgehead atoms. The Morgan fingerprint density at radius 2 is 2.15 bits per heavy atom. The molecule has 0 atom stereocenters. The Kier molecular flexibility index (Phi) is 5.50. The number of aromatic nitrogens is 4. The molecule has 0 saturated heterocycles. The van der Waals surface area contributed by atoms with Crippen molar-refractivity contribution >= 4 is 34.9 Å². The van der Waals surface area contributed by atoms with E-state index in [0.29, 0.717) is 28.3 Å². The molecule has 2 aromatic heterocycles. The van der Waals surface area contributed by atoms with Crippen LogP contribution in [0.25, 0.3) is 16.7 Å². The van der Waals surface area contributed by atoms with Gasteiger partial charge in [0.05, 0.1) is 17.6 Å². The molecule has 0 aliphatic heterocycles. The minimum absolute atomic E-state index is 0.0323. The second-order valence-electron chi connectivity index (χ2n) is 6.72. The molecular formula is C18H22FN5O2S. The molecule has 1 aliphatic rings. The number of hydrogen-bond donors (Lipinski definition) is 0. The summed E-state index contributed by atoms with van der Waals surface area (Å²) in [6.45, 7) is 5.02. The summed E-state index contributed by atoms with van der Waals surface area (Å²) in [6.07, 6.45) is 8.61. The van der Waals surface area contributed by atoms with E-state index in [4.69, 9.17) is 0 Å². The van der Waals surface area contributed by atoms with Gasteiger partial charge in [-0.2, -0.15) is 0 Å². The van der Waals surface area contributed by atoms with E-state index in [-0.39, 0.29) is 17.6 Å². The van der Waals surface area contributed by atoms with E-state index in [1.54, 1.807) is 15.6 Å². The monoisotopic (exact) mass is 391 g/mol. The molecule has 7 nitrogen and oxygen atoms in total. The predicted molar refractivity (Wildman–Crippen MR) is 104 cm³/mol. The first-order valence-corrected chi connectivity index (χ1v) is 9.92. The average Bonchev–Trinajstić information content (AvgIpc) is 3.42. The highest BCUT2D eigenvalue weighted by atomic mass is 32.2. The largest absolute Gasteiger partial charge is 0.317 e. The number of thioether (sulfide) groups is 1. The van der Waals surface area contributed by atoms with Crippen LogP contribution in [-0.2, 0) is 4.79 Å². The van der Waals surface area contributed by atoms with Gasteiger partial charge in [0.25, 0.3) is 5.56 Å². The highest BCUT2D eigenvalue weighted by molar-refractivity contribution is 7.98. The summed E-state index contributed by atoms with van der Waals surface area (Å²) < 4.78 is 17.1. The smallest absolute Gasteiger partial charge is 0.278 e. The van der Waals surface area contributed by atoms with Crippen LogP contribution in [0.5, 0.6) is 0 Å². The van der Waals surface area contributed by atoms with Crippen LogP contribution < -0.4 is 5.56 Å². The van der Waals surface area contributed by atoms with Crippen LogP contribution >= 0.6 is 11.8 Å². The Bertz CT molecular complexity index is 984. The first-order chi connectivity index (χ1) is 12.9. The zero-order valence-electron chi connectivity index (χ0n) is 15.7. The second kappa shape index (κ2) is 7.67. The molecule has 0 aromatic carbocycles. The molecule has 9 heteroatoms. The Morgan fingerprint density at radius 1 is 1.44 bits per heavy atom. The van der Waals surface area contributed by atoms with Crippen LogP contribution in [0.1, 0.15) is 39.7 Å². The van der Waals surface area contributed by atoms with Crippen molar-refractivity contribution < 1.29 is 9.18 Å². The molecule has 0 unspecified atom stereocenters. The van der Waals surface area contributed by atoms with Crippen molar-refractivity contribution in [3.8, 4) is 0 Å². The lowest BCUT2D eigenvalue weighted by molar-refractivity contribution is -0.117. The van der Waals surface area contributed by atoms with E-state index >= 15 is 0 Å². The van der Waals surface area contributed by atoms with Crippen molar-refractivity contribution in [2.75, 3.05) is 6.26 Å². The van der Waals surface area contributed by atoms with Gasteiger partial charge in [0.1, 0.15) is 5.39 Å². The van der Waals surface area contributed by atoms with E-state index < -0.39 is 5.83 Å². The van der Waals surface area contributed by atoms with Crippen LogP contribution in [0, 0.1) is 0 Å². The summed E-state index contributed by atoms with van der Waals surface area (Å²) >= 11 is 1.36. The van der Waals surface area contributed by atoms with Gasteiger partial charge in [-0.1, -0.05) is 11.8 Å². The fourth-order valence-electron chi connectivity index (χ4n) is 2.79. The molecule has 2 heterocycles. The van der Waals surface area contributed by atoms with Crippen LogP contribution in [0.4, 0.5) is 4.39 Å². The fraction of sp³-hybridized carbons (Fsp3) is 0.444. The Hall–Kier alpha value is -2.42. The summed E-state index contributed by atoms with van der Waals surface area (Å²) in [7, 11) is 0. The van der Waals surface area contributed by atoms with Gasteiger partial charge in [-0.3, -0.25) is 9.59 Å². The number of allylic oxidation sites excluding steroid dienone is 3. The molecule has 1 fully saturated rings. The average molecular weight is 391 g/mol. The number of carbonyl (C=O) groups is 1. The highest BCUT2D eigenvalue weighted by Gasteiger charge is 2.31. The molecule has 1 aliphatic carbocycles. The van der Waals surface area contributed by atoms with E-state index in [1.165, 1.54) is 35.9 Å². The Balaban J connectivity index is 2.35. The summed E-state index contributed by atoms with van der Waals surface area (Å²) in [5.41, 5.74) is 0.559. The van der Waals surface area contributed by atoms with Crippen LogP contribution in [0.15, 0.2) is 34.3 Å². The van der Waals surface area contributed by atoms with Crippen molar-refractivity contribution in [2.45, 2.75) is 50.9 Å². The zero-order valence-corrected chi connectivity index (χ0v) is 16.5. The van der Waals surface area contributed by atoms with E-state index in [2.05, 4.69) is 9.97 Å². The van der Waals surface area contributed by atoms with Gasteiger partial charge in [-0.05, 0) is 45.9 Å². The minimum atomic E-state index is -0.438. The minimum Gasteiger partial charge on any atom is -0.317 e. The van der Waals surface area contributed by atoms with Gasteiger partial charge in [0.2, 0.25) is 6.41 Å². The number of fused-ring (bicyclic) bond motifs is 1. The molecule has 2 aromatic rings. The number of carbonyl (C=O) groups excluding carboxylic acids is 1. The van der Waals surface area contributed by atoms with E-state index in [1.807, 2.05) is 20.1 Å². The predicted octanol–water partition coefficient (Wildman–Crippen LogP) is 3.19. The SMILES string of the molecule is CSc1ncc2c(=O)n(C3CC3)n(C(/C=C(\C)F)=C/N(C=O)C(C)C)c2n1. The van der Waals surface area contributed by atoms with Crippen LogP contribution in [0.2, 0.25) is 0 Å². The third-order valence-corrected chi connectivity index (χ3v) is 4.83. The topological polar surface area (TPSA) is 73.0 Å². The van der Waals surface area contributed by atoms with Gasteiger partial charge < -0.3 is 4.90 Å². The molecular weight excluding hydrogens is 369 g/mol. The lowest BCUT2D eigenvalue weighted by Crippen LogP contribution is -2.26. The number of halogens is 1. The van der Waals surface area contributed by atoms with Crippen LogP contribution in [0.3, 0.4) is 0 Å². The summed E-state index contributed by atoms with van der Waals surface area (Å²) in [5.74, 6) is -0.438. The molecule has 27 heavy (non-hydrogen) atoms. The van der Waals surface area contributed by atoms with Gasteiger partial charge in [0, 0.05) is 18.4 Å². The molecule has 144 valence electrons. The summed E-state index contributed by atoms with van der Waals surface area (Å²) in [4.78, 5) is 34.5. The number of hydrogen-bond acceptors (Lipinski definition) is 5. The first kappa shape index (κ1) is 19.3. The van der Waals surface area contributed by atoms with Crippen molar-refractivity contribution in [1.29, 1.82) is 0 Å². The third-order valence-electron chi connectivity index (χ3n) is 4.27. The van der Waals surface area contributed by atoms with Crippen molar-refractivity contribution in [3.05, 3.63) is 34.7 Å². The highest BCUT2D eigenvalue weighted by Crippen LogP contribution is 2.36. The third kappa shape index (κ3) is 3.83. The molecule has 1 saturated carbocycles. The fourth-order valence-corrected chi connectivity index (χ4v) is 3.13. The van der Waals surface area contributed by atoms with Gasteiger partial charge in [-0.15, -0.1) is 0 Å². The molecule has 3 rings (SSSR count). The van der Waals surface area contributed by atoms with Crippen molar-refractivity contribution in [1.82, 2.24) is 24.2 Å². The van der Waals surface area contributed by atoms with Crippen molar-refractivity contribution in [2.24, 2.45) is 0 Å².